The molecule has 0 spiro atoms. The van der Waals surface area contributed by atoms with Crippen molar-refractivity contribution in [2.75, 3.05) is 6.54 Å². The fourth-order valence-corrected chi connectivity index (χ4v) is 3.29. The minimum Gasteiger partial charge on any atom is -0.487 e. The van der Waals surface area contributed by atoms with Gasteiger partial charge in [0.05, 0.1) is 23.1 Å². The zero-order valence-corrected chi connectivity index (χ0v) is 16.9. The molecule has 0 aliphatic rings. The van der Waals surface area contributed by atoms with E-state index in [4.69, 9.17) is 4.74 Å². The highest BCUT2D eigenvalue weighted by Gasteiger charge is 2.09. The van der Waals surface area contributed by atoms with Crippen LogP contribution in [0.4, 0.5) is 0 Å². The van der Waals surface area contributed by atoms with Crippen LogP contribution in [0.5, 0.6) is 5.75 Å². The predicted molar refractivity (Wildman–Crippen MR) is 117 cm³/mol. The first kappa shape index (κ1) is 19.8. The summed E-state index contributed by atoms with van der Waals surface area (Å²) in [5.74, 6) is 1.49. The fraction of sp³-hybridized carbons (Fsp3) is 0.208. The van der Waals surface area contributed by atoms with Gasteiger partial charge in [0.25, 0.3) is 5.56 Å². The molecule has 0 aliphatic heterocycles. The molecule has 0 amide bonds. The monoisotopic (exact) mass is 400 g/mol. The molecular formula is C24H24N4O2. The maximum Gasteiger partial charge on any atom is 0.258 e. The molecule has 6 heteroatoms. The third-order valence-corrected chi connectivity index (χ3v) is 4.92. The molecular weight excluding hydrogens is 376 g/mol. The summed E-state index contributed by atoms with van der Waals surface area (Å²) in [5.41, 5.74) is 2.70. The number of aromatic amines is 1. The van der Waals surface area contributed by atoms with Crippen LogP contribution in [0.3, 0.4) is 0 Å². The zero-order chi connectivity index (χ0) is 20.8. The van der Waals surface area contributed by atoms with Crippen molar-refractivity contribution >= 4 is 10.9 Å². The number of nitrogens with one attached hydrogen (secondary N) is 1. The number of rotatable bonds is 8. The van der Waals surface area contributed by atoms with Gasteiger partial charge in [0, 0.05) is 12.7 Å². The Labute approximate surface area is 175 Å². The zero-order valence-electron chi connectivity index (χ0n) is 16.9. The Bertz CT molecular complexity index is 1160. The van der Waals surface area contributed by atoms with E-state index >= 15 is 0 Å². The van der Waals surface area contributed by atoms with Crippen LogP contribution in [0.1, 0.15) is 24.0 Å². The molecule has 2 aromatic carbocycles. The number of nitrogens with zero attached hydrogens (tertiary/aromatic N) is 3. The SMILES string of the molecule is CCN(Cc1ccc(OCc2ccccn2)cc1)Cc1nc2ccccc2c(=O)[nH]1. The summed E-state index contributed by atoms with van der Waals surface area (Å²) >= 11 is 0. The molecule has 0 unspecified atom stereocenters. The number of H-pyrrole nitrogens is 1. The summed E-state index contributed by atoms with van der Waals surface area (Å²) in [5, 5.41) is 0.616. The number of pyridine rings is 1. The van der Waals surface area contributed by atoms with Gasteiger partial charge in [0.1, 0.15) is 18.2 Å². The van der Waals surface area contributed by atoms with Gasteiger partial charge in [-0.15, -0.1) is 0 Å². The first-order valence-corrected chi connectivity index (χ1v) is 10.0. The van der Waals surface area contributed by atoms with Crippen LogP contribution >= 0.6 is 0 Å². The summed E-state index contributed by atoms with van der Waals surface area (Å²) in [6.07, 6.45) is 1.76. The Morgan fingerprint density at radius 3 is 2.53 bits per heavy atom. The molecule has 6 nitrogen and oxygen atoms in total. The average Bonchev–Trinajstić information content (AvgIpc) is 2.79. The average molecular weight is 400 g/mol. The number of hydrogen-bond donors (Lipinski definition) is 1. The molecule has 0 radical (unpaired) electrons. The predicted octanol–water partition coefficient (Wildman–Crippen LogP) is 3.92. The summed E-state index contributed by atoms with van der Waals surface area (Å²) in [6.45, 7) is 4.72. The lowest BCUT2D eigenvalue weighted by molar-refractivity contribution is 0.264. The summed E-state index contributed by atoms with van der Waals surface area (Å²) in [4.78, 5) is 26.3. The molecule has 152 valence electrons. The normalized spacial score (nSPS) is 11.1. The van der Waals surface area contributed by atoms with Gasteiger partial charge >= 0.3 is 0 Å². The Balaban J connectivity index is 1.39. The van der Waals surface area contributed by atoms with Gasteiger partial charge in [0.15, 0.2) is 0 Å². The van der Waals surface area contributed by atoms with Gasteiger partial charge in [-0.25, -0.2) is 4.98 Å². The number of ether oxygens (including phenoxy) is 1. The van der Waals surface area contributed by atoms with Crippen molar-refractivity contribution in [1.29, 1.82) is 0 Å². The fourth-order valence-electron chi connectivity index (χ4n) is 3.29. The van der Waals surface area contributed by atoms with E-state index in [2.05, 4.69) is 38.9 Å². The Morgan fingerprint density at radius 1 is 0.967 bits per heavy atom. The van der Waals surface area contributed by atoms with Crippen molar-refractivity contribution in [2.45, 2.75) is 26.6 Å². The molecule has 2 aromatic heterocycles. The van der Waals surface area contributed by atoms with Gasteiger partial charge in [0.2, 0.25) is 0 Å². The van der Waals surface area contributed by atoms with Crippen molar-refractivity contribution in [3.63, 3.8) is 0 Å². The van der Waals surface area contributed by atoms with Crippen molar-refractivity contribution in [2.24, 2.45) is 0 Å². The first-order chi connectivity index (χ1) is 14.7. The molecule has 0 aliphatic carbocycles. The number of hydrogen-bond acceptors (Lipinski definition) is 5. The van der Waals surface area contributed by atoms with E-state index in [0.717, 1.165) is 30.0 Å². The maximum absolute atomic E-state index is 12.3. The summed E-state index contributed by atoms with van der Waals surface area (Å²) in [6, 6.07) is 21.3. The molecule has 4 rings (SSSR count). The molecule has 0 fully saturated rings. The Morgan fingerprint density at radius 2 is 1.77 bits per heavy atom. The topological polar surface area (TPSA) is 71.1 Å². The second-order valence-electron chi connectivity index (χ2n) is 7.09. The van der Waals surface area contributed by atoms with Gasteiger partial charge < -0.3 is 9.72 Å². The minimum atomic E-state index is -0.0962. The molecule has 0 saturated heterocycles. The van der Waals surface area contributed by atoms with E-state index in [9.17, 15) is 4.79 Å². The third kappa shape index (κ3) is 4.90. The van der Waals surface area contributed by atoms with Crippen LogP contribution in [0, 0.1) is 0 Å². The van der Waals surface area contributed by atoms with Gasteiger partial charge in [-0.05, 0) is 48.5 Å². The van der Waals surface area contributed by atoms with Gasteiger partial charge in [-0.1, -0.05) is 37.3 Å². The van der Waals surface area contributed by atoms with Crippen LogP contribution in [0.2, 0.25) is 0 Å². The van der Waals surface area contributed by atoms with Crippen LogP contribution < -0.4 is 10.3 Å². The van der Waals surface area contributed by atoms with Crippen LogP contribution in [-0.4, -0.2) is 26.4 Å². The van der Waals surface area contributed by atoms with E-state index in [1.807, 2.05) is 48.5 Å². The highest BCUT2D eigenvalue weighted by molar-refractivity contribution is 5.77. The molecule has 2 heterocycles. The molecule has 4 aromatic rings. The highest BCUT2D eigenvalue weighted by atomic mass is 16.5. The standard InChI is InChI=1S/C24H24N4O2/c1-2-28(16-23-26-22-9-4-3-8-21(22)24(29)27-23)15-18-10-12-20(13-11-18)30-17-19-7-5-6-14-25-19/h3-14H,2,15-17H2,1H3,(H,26,27,29). The van der Waals surface area contributed by atoms with E-state index in [1.165, 1.54) is 5.56 Å². The lowest BCUT2D eigenvalue weighted by atomic mass is 10.2. The molecule has 30 heavy (non-hydrogen) atoms. The Kier molecular flexibility index (Phi) is 6.15. The number of aromatic nitrogens is 3. The second-order valence-corrected chi connectivity index (χ2v) is 7.09. The smallest absolute Gasteiger partial charge is 0.258 e. The molecule has 1 N–H and O–H groups in total. The summed E-state index contributed by atoms with van der Waals surface area (Å²) < 4.78 is 5.80. The van der Waals surface area contributed by atoms with E-state index in [1.54, 1.807) is 12.3 Å². The van der Waals surface area contributed by atoms with Crippen molar-refractivity contribution in [3.05, 3.63) is 100 Å². The largest absolute Gasteiger partial charge is 0.487 e. The minimum absolute atomic E-state index is 0.0962. The van der Waals surface area contributed by atoms with Gasteiger partial charge in [-0.2, -0.15) is 0 Å². The van der Waals surface area contributed by atoms with Crippen LogP contribution in [0.25, 0.3) is 10.9 Å². The van der Waals surface area contributed by atoms with E-state index in [0.29, 0.717) is 24.4 Å². The molecule has 0 bridgehead atoms. The second kappa shape index (κ2) is 9.33. The third-order valence-electron chi connectivity index (χ3n) is 4.92. The highest BCUT2D eigenvalue weighted by Crippen LogP contribution is 2.16. The Hall–Kier alpha value is -3.51. The first-order valence-electron chi connectivity index (χ1n) is 10.0. The van der Waals surface area contributed by atoms with E-state index in [-0.39, 0.29) is 5.56 Å². The van der Waals surface area contributed by atoms with Crippen LogP contribution in [-0.2, 0) is 19.7 Å². The van der Waals surface area contributed by atoms with Gasteiger partial charge in [-0.3, -0.25) is 14.7 Å². The number of para-hydroxylation sites is 1. The number of fused-ring (bicyclic) bond motifs is 1. The lowest BCUT2D eigenvalue weighted by Crippen LogP contribution is -2.25. The summed E-state index contributed by atoms with van der Waals surface area (Å²) in [7, 11) is 0. The van der Waals surface area contributed by atoms with Crippen LogP contribution in [0.15, 0.2) is 77.7 Å². The van der Waals surface area contributed by atoms with E-state index < -0.39 is 0 Å². The lowest BCUT2D eigenvalue weighted by Gasteiger charge is -2.20. The maximum atomic E-state index is 12.3. The number of benzene rings is 2. The van der Waals surface area contributed by atoms with Crippen molar-refractivity contribution in [3.8, 4) is 5.75 Å². The quantitative estimate of drug-likeness (QED) is 0.485. The van der Waals surface area contributed by atoms with Crippen molar-refractivity contribution < 1.29 is 4.74 Å². The molecule has 0 atom stereocenters. The van der Waals surface area contributed by atoms with Crippen molar-refractivity contribution in [1.82, 2.24) is 19.9 Å². The molecule has 0 saturated carbocycles.